The number of nitrogens with zero attached hydrogens (tertiary/aromatic N) is 2. The van der Waals surface area contributed by atoms with Gasteiger partial charge in [-0.2, -0.15) is 0 Å². The van der Waals surface area contributed by atoms with Crippen LogP contribution >= 0.6 is 0 Å². The lowest BCUT2D eigenvalue weighted by molar-refractivity contribution is 0.0589. The summed E-state index contributed by atoms with van der Waals surface area (Å²) in [5.74, 6) is 0.757. The average molecular weight is 698 g/mol. The molecule has 0 fully saturated rings. The van der Waals surface area contributed by atoms with Gasteiger partial charge in [0.2, 0.25) is 5.75 Å². The fraction of sp³-hybridized carbons (Fsp3) is 0.263. The van der Waals surface area contributed by atoms with E-state index in [-0.39, 0.29) is 23.4 Å². The molecule has 266 valence electrons. The highest BCUT2D eigenvalue weighted by atomic mass is 16.6. The van der Waals surface area contributed by atoms with Gasteiger partial charge in [0, 0.05) is 40.3 Å². The Morgan fingerprint density at radius 3 is 2.00 bits per heavy atom. The number of hydrogen-bond acceptors (Lipinski definition) is 11. The third kappa shape index (κ3) is 7.67. The van der Waals surface area contributed by atoms with Gasteiger partial charge in [0.1, 0.15) is 17.9 Å². The summed E-state index contributed by atoms with van der Waals surface area (Å²) in [5, 5.41) is 3.24. The van der Waals surface area contributed by atoms with Gasteiger partial charge < -0.3 is 33.2 Å². The topological polar surface area (TPSA) is 146 Å². The van der Waals surface area contributed by atoms with Crippen LogP contribution in [0.3, 0.4) is 0 Å². The van der Waals surface area contributed by atoms with Crippen LogP contribution in [-0.4, -0.2) is 62.8 Å². The van der Waals surface area contributed by atoms with Crippen molar-refractivity contribution < 1.29 is 42.7 Å². The third-order valence-corrected chi connectivity index (χ3v) is 7.69. The van der Waals surface area contributed by atoms with Gasteiger partial charge >= 0.3 is 12.1 Å². The molecule has 0 atom stereocenters. The number of ether oxygens (including phenoxy) is 7. The minimum Gasteiger partial charge on any atom is -0.493 e. The van der Waals surface area contributed by atoms with Crippen molar-refractivity contribution in [3.63, 3.8) is 0 Å². The zero-order valence-corrected chi connectivity index (χ0v) is 29.6. The second-order valence-corrected chi connectivity index (χ2v) is 12.1. The normalized spacial score (nSPS) is 11.1. The highest BCUT2D eigenvalue weighted by molar-refractivity contribution is 6.08. The number of anilines is 1. The number of methoxy groups -OCH3 is 5. The van der Waals surface area contributed by atoms with Crippen molar-refractivity contribution in [3.8, 4) is 45.6 Å². The molecule has 0 bridgehead atoms. The maximum atomic E-state index is 14.6. The van der Waals surface area contributed by atoms with Crippen LogP contribution < -0.4 is 34.6 Å². The molecule has 5 rings (SSSR count). The van der Waals surface area contributed by atoms with Gasteiger partial charge in [0.05, 0.1) is 40.9 Å². The van der Waals surface area contributed by atoms with Crippen molar-refractivity contribution >= 4 is 28.5 Å². The lowest BCUT2D eigenvalue weighted by atomic mass is 9.95. The minimum absolute atomic E-state index is 0.0943. The zero-order chi connectivity index (χ0) is 36.9. The predicted molar refractivity (Wildman–Crippen MR) is 191 cm³/mol. The summed E-state index contributed by atoms with van der Waals surface area (Å²) in [6.07, 6.45) is 2.69. The van der Waals surface area contributed by atoms with Crippen molar-refractivity contribution in [2.24, 2.45) is 0 Å². The first-order valence-corrected chi connectivity index (χ1v) is 15.7. The average Bonchev–Trinajstić information content (AvgIpc) is 3.12. The van der Waals surface area contributed by atoms with E-state index in [1.54, 1.807) is 87.8 Å². The number of amides is 1. The standard InChI is InChI=1S/C38H39N3O10/c1-38(2,3)51-37(44)40-24-11-13-25(14-12-24)41-33(36(43)49-8)32(23-16-30(46-5)34(48-7)31(17-23)47-6)26-18-28(45-4)29(19-27(26)35(41)42)50-21-22-10-9-15-39-20-22/h9-20H,21H2,1-8H3,(H,40,44). The maximum Gasteiger partial charge on any atom is 0.412 e. The molecule has 1 N–H and O–H groups in total. The molecule has 51 heavy (non-hydrogen) atoms. The van der Waals surface area contributed by atoms with Gasteiger partial charge in [0.25, 0.3) is 5.56 Å². The summed E-state index contributed by atoms with van der Waals surface area (Å²) in [6.45, 7) is 5.42. The van der Waals surface area contributed by atoms with Crippen LogP contribution in [0.4, 0.5) is 10.5 Å². The van der Waals surface area contributed by atoms with E-state index in [0.29, 0.717) is 50.9 Å². The molecule has 3 aromatic carbocycles. The summed E-state index contributed by atoms with van der Waals surface area (Å²) in [5.41, 5.74) is 0.913. The van der Waals surface area contributed by atoms with Crippen LogP contribution in [-0.2, 0) is 16.1 Å². The van der Waals surface area contributed by atoms with E-state index in [9.17, 15) is 14.4 Å². The van der Waals surface area contributed by atoms with Crippen LogP contribution in [0.1, 0.15) is 36.8 Å². The molecule has 5 aromatic rings. The van der Waals surface area contributed by atoms with Gasteiger partial charge in [-0.05, 0) is 80.9 Å². The Balaban J connectivity index is 1.82. The monoisotopic (exact) mass is 697 g/mol. The first-order valence-electron chi connectivity index (χ1n) is 15.7. The predicted octanol–water partition coefficient (Wildman–Crippen LogP) is 6.80. The molecule has 0 aliphatic heterocycles. The Labute approximate surface area is 294 Å². The molecule has 0 radical (unpaired) electrons. The van der Waals surface area contributed by atoms with E-state index in [4.69, 9.17) is 33.2 Å². The van der Waals surface area contributed by atoms with E-state index in [2.05, 4.69) is 10.3 Å². The van der Waals surface area contributed by atoms with Crippen molar-refractivity contribution in [3.05, 3.63) is 94.7 Å². The van der Waals surface area contributed by atoms with Crippen molar-refractivity contribution in [1.29, 1.82) is 0 Å². The number of esters is 1. The molecule has 0 saturated carbocycles. The van der Waals surface area contributed by atoms with Crippen LogP contribution in [0.15, 0.2) is 77.9 Å². The number of rotatable bonds is 11. The second kappa shape index (κ2) is 15.1. The maximum absolute atomic E-state index is 14.6. The second-order valence-electron chi connectivity index (χ2n) is 12.1. The highest BCUT2D eigenvalue weighted by Gasteiger charge is 2.28. The Kier molecular flexibility index (Phi) is 10.7. The number of carbonyl (C=O) groups is 2. The zero-order valence-electron chi connectivity index (χ0n) is 29.6. The number of fused-ring (bicyclic) bond motifs is 1. The van der Waals surface area contributed by atoms with Crippen LogP contribution in [0.2, 0.25) is 0 Å². The number of benzene rings is 3. The van der Waals surface area contributed by atoms with Crippen LogP contribution in [0.25, 0.3) is 27.6 Å². The number of aromatic nitrogens is 2. The van der Waals surface area contributed by atoms with E-state index >= 15 is 0 Å². The largest absolute Gasteiger partial charge is 0.493 e. The number of nitrogens with one attached hydrogen (secondary N) is 1. The molecule has 0 unspecified atom stereocenters. The summed E-state index contributed by atoms with van der Waals surface area (Å²) < 4.78 is 40.6. The van der Waals surface area contributed by atoms with Crippen molar-refractivity contribution in [2.75, 3.05) is 40.9 Å². The number of hydrogen-bond donors (Lipinski definition) is 1. The summed E-state index contributed by atoms with van der Waals surface area (Å²) >= 11 is 0. The van der Waals surface area contributed by atoms with Gasteiger partial charge in [0.15, 0.2) is 23.0 Å². The van der Waals surface area contributed by atoms with E-state index in [1.807, 2.05) is 6.07 Å². The van der Waals surface area contributed by atoms with Gasteiger partial charge in [-0.1, -0.05) is 6.07 Å². The first kappa shape index (κ1) is 36.1. The summed E-state index contributed by atoms with van der Waals surface area (Å²) in [7, 11) is 7.14. The molecule has 0 spiro atoms. The minimum atomic E-state index is -0.801. The highest BCUT2D eigenvalue weighted by Crippen LogP contribution is 2.45. The molecular formula is C38H39N3O10. The smallest absolute Gasteiger partial charge is 0.412 e. The lowest BCUT2D eigenvalue weighted by Crippen LogP contribution is -2.27. The van der Waals surface area contributed by atoms with E-state index in [1.165, 1.54) is 40.1 Å². The number of pyridine rings is 2. The summed E-state index contributed by atoms with van der Waals surface area (Å²) in [4.78, 5) is 45.1. The first-order chi connectivity index (χ1) is 24.4. The quantitative estimate of drug-likeness (QED) is 0.145. The van der Waals surface area contributed by atoms with Crippen LogP contribution in [0.5, 0.6) is 28.7 Å². The Morgan fingerprint density at radius 2 is 1.45 bits per heavy atom. The molecule has 2 heterocycles. The molecule has 2 aromatic heterocycles. The van der Waals surface area contributed by atoms with Crippen molar-refractivity contribution in [2.45, 2.75) is 33.0 Å². The fourth-order valence-corrected chi connectivity index (χ4v) is 5.49. The molecule has 0 aliphatic carbocycles. The van der Waals surface area contributed by atoms with Crippen molar-refractivity contribution in [1.82, 2.24) is 9.55 Å². The SMILES string of the molecule is COC(=O)c1c(-c2cc(OC)c(OC)c(OC)c2)c2cc(OC)c(OCc3cccnc3)cc2c(=O)n1-c1ccc(NC(=O)OC(C)(C)C)cc1. The van der Waals surface area contributed by atoms with Gasteiger partial charge in [-0.25, -0.2) is 9.59 Å². The molecule has 0 aliphatic rings. The molecule has 0 saturated heterocycles. The Morgan fingerprint density at radius 1 is 0.804 bits per heavy atom. The molecule has 1 amide bonds. The molecule has 13 nitrogen and oxygen atoms in total. The summed E-state index contributed by atoms with van der Waals surface area (Å²) in [6, 6.07) is 16.6. The molecular weight excluding hydrogens is 658 g/mol. The van der Waals surface area contributed by atoms with E-state index < -0.39 is 23.2 Å². The Bertz CT molecular complexity index is 2100. The molecule has 13 heteroatoms. The van der Waals surface area contributed by atoms with E-state index in [0.717, 1.165) is 5.56 Å². The fourth-order valence-electron chi connectivity index (χ4n) is 5.49. The van der Waals surface area contributed by atoms with Crippen LogP contribution in [0, 0.1) is 0 Å². The Hall–Kier alpha value is -6.24. The van der Waals surface area contributed by atoms with Gasteiger partial charge in [-0.3, -0.25) is 19.7 Å². The third-order valence-electron chi connectivity index (χ3n) is 7.69. The number of carbonyl (C=O) groups excluding carboxylic acids is 2. The van der Waals surface area contributed by atoms with Gasteiger partial charge in [-0.15, -0.1) is 0 Å². The lowest BCUT2D eigenvalue weighted by Gasteiger charge is -2.22.